The van der Waals surface area contributed by atoms with E-state index < -0.39 is 6.10 Å². The number of allylic oxidation sites excluding steroid dienone is 1. The highest BCUT2D eigenvalue weighted by Gasteiger charge is 2.62. The van der Waals surface area contributed by atoms with Crippen LogP contribution in [-0.4, -0.2) is 24.1 Å². The molecule has 0 aromatic rings. The number of carbonyl (C=O) groups is 2. The standard InChI is InChI=1S/C15H14O5/c1-7-10-9(19-13(7)16)5-15(2)3-4-18-6-8-11(15)12(10)20-14(8)17/h3-4,6,9-12H,1,5H2,2H3/t9-,10+,11-,12-,15-/m0/s1. The molecule has 0 radical (unpaired) electrons. The Balaban J connectivity index is 1.86. The van der Waals surface area contributed by atoms with Crippen LogP contribution < -0.4 is 0 Å². The molecule has 0 N–H and O–H groups in total. The van der Waals surface area contributed by atoms with Gasteiger partial charge in [-0.05, 0) is 12.5 Å². The highest BCUT2D eigenvalue weighted by molar-refractivity contribution is 5.94. The molecule has 1 aliphatic carbocycles. The molecule has 5 atom stereocenters. The van der Waals surface area contributed by atoms with E-state index in [-0.39, 0.29) is 35.3 Å². The van der Waals surface area contributed by atoms with Gasteiger partial charge in [-0.2, -0.15) is 0 Å². The van der Waals surface area contributed by atoms with Crippen molar-refractivity contribution >= 4 is 11.9 Å². The van der Waals surface area contributed by atoms with Crippen LogP contribution in [0.5, 0.6) is 0 Å². The summed E-state index contributed by atoms with van der Waals surface area (Å²) in [4.78, 5) is 23.8. The van der Waals surface area contributed by atoms with Crippen molar-refractivity contribution in [1.82, 2.24) is 0 Å². The van der Waals surface area contributed by atoms with E-state index in [1.165, 1.54) is 6.26 Å². The molecule has 3 fully saturated rings. The molecule has 2 saturated heterocycles. The molecule has 0 spiro atoms. The van der Waals surface area contributed by atoms with Crippen LogP contribution >= 0.6 is 0 Å². The van der Waals surface area contributed by atoms with Gasteiger partial charge in [0.2, 0.25) is 0 Å². The second kappa shape index (κ2) is 3.53. The minimum Gasteiger partial charge on any atom is -0.472 e. The molecule has 0 aromatic carbocycles. The van der Waals surface area contributed by atoms with E-state index >= 15 is 0 Å². The number of carbonyl (C=O) groups excluding carboxylic acids is 2. The van der Waals surface area contributed by atoms with Gasteiger partial charge in [-0.25, -0.2) is 9.59 Å². The summed E-state index contributed by atoms with van der Waals surface area (Å²) < 4.78 is 16.2. The maximum atomic E-state index is 12.1. The summed E-state index contributed by atoms with van der Waals surface area (Å²) in [5.74, 6) is -1.13. The Morgan fingerprint density at radius 3 is 2.90 bits per heavy atom. The summed E-state index contributed by atoms with van der Waals surface area (Å²) in [6.45, 7) is 5.85. The molecule has 5 nitrogen and oxygen atoms in total. The van der Waals surface area contributed by atoms with Gasteiger partial charge in [-0.3, -0.25) is 0 Å². The van der Waals surface area contributed by atoms with Gasteiger partial charge in [0.1, 0.15) is 18.5 Å². The first-order valence-corrected chi connectivity index (χ1v) is 6.65. The molecular weight excluding hydrogens is 260 g/mol. The van der Waals surface area contributed by atoms with Crippen LogP contribution in [0, 0.1) is 17.3 Å². The van der Waals surface area contributed by atoms with Crippen LogP contribution in [-0.2, 0) is 23.8 Å². The molecular formula is C15H14O5. The van der Waals surface area contributed by atoms with Gasteiger partial charge >= 0.3 is 11.9 Å². The number of esters is 2. The van der Waals surface area contributed by atoms with Crippen LogP contribution in [0.15, 0.2) is 36.3 Å². The Bertz CT molecular complexity index is 601. The first-order valence-electron chi connectivity index (χ1n) is 6.65. The van der Waals surface area contributed by atoms with Crippen molar-refractivity contribution in [2.75, 3.05) is 0 Å². The molecule has 5 heteroatoms. The zero-order valence-electron chi connectivity index (χ0n) is 11.0. The molecule has 0 amide bonds. The van der Waals surface area contributed by atoms with Crippen molar-refractivity contribution in [1.29, 1.82) is 0 Å². The lowest BCUT2D eigenvalue weighted by atomic mass is 9.60. The summed E-state index contributed by atoms with van der Waals surface area (Å²) in [5, 5.41) is 0. The van der Waals surface area contributed by atoms with Crippen molar-refractivity contribution in [2.24, 2.45) is 17.3 Å². The van der Waals surface area contributed by atoms with Gasteiger partial charge in [0.25, 0.3) is 0 Å². The van der Waals surface area contributed by atoms with Crippen molar-refractivity contribution in [3.63, 3.8) is 0 Å². The maximum absolute atomic E-state index is 12.1. The molecule has 4 rings (SSSR count). The predicted octanol–water partition coefficient (Wildman–Crippen LogP) is 1.46. The summed E-state index contributed by atoms with van der Waals surface area (Å²) >= 11 is 0. The number of fused-ring (bicyclic) bond motifs is 2. The van der Waals surface area contributed by atoms with Crippen molar-refractivity contribution < 1.29 is 23.8 Å². The van der Waals surface area contributed by atoms with Crippen LogP contribution in [0.4, 0.5) is 0 Å². The number of hydrogen-bond donors (Lipinski definition) is 0. The monoisotopic (exact) mass is 274 g/mol. The van der Waals surface area contributed by atoms with E-state index in [0.717, 1.165) is 0 Å². The van der Waals surface area contributed by atoms with Crippen molar-refractivity contribution in [3.8, 4) is 0 Å². The average molecular weight is 274 g/mol. The molecule has 0 bridgehead atoms. The van der Waals surface area contributed by atoms with Crippen LogP contribution in [0.3, 0.4) is 0 Å². The summed E-state index contributed by atoms with van der Waals surface area (Å²) in [5.41, 5.74) is 0.615. The third-order valence-electron chi connectivity index (χ3n) is 4.89. The fraction of sp³-hybridized carbons (Fsp3) is 0.467. The third kappa shape index (κ3) is 1.27. The second-order valence-electron chi connectivity index (χ2n) is 6.06. The Hall–Kier alpha value is -2.04. The zero-order valence-corrected chi connectivity index (χ0v) is 11.0. The molecule has 4 aliphatic rings. The quantitative estimate of drug-likeness (QED) is 0.494. The third-order valence-corrected chi connectivity index (χ3v) is 4.89. The Kier molecular flexibility index (Phi) is 2.08. The van der Waals surface area contributed by atoms with Crippen LogP contribution in [0.1, 0.15) is 13.3 Å². The summed E-state index contributed by atoms with van der Waals surface area (Å²) in [6, 6.07) is 0. The highest BCUT2D eigenvalue weighted by atomic mass is 16.6. The molecule has 1 saturated carbocycles. The topological polar surface area (TPSA) is 61.8 Å². The SMILES string of the molecule is C=C1C(=O)O[C@H]2C[C@]3(C)C=COC=C4C(=O)O[C@@H]([C@H]12)[C@H]43. The smallest absolute Gasteiger partial charge is 0.337 e. The van der Waals surface area contributed by atoms with E-state index in [9.17, 15) is 9.59 Å². The molecule has 3 aliphatic heterocycles. The second-order valence-corrected chi connectivity index (χ2v) is 6.06. The molecule has 104 valence electrons. The fourth-order valence-corrected chi connectivity index (χ4v) is 3.96. The van der Waals surface area contributed by atoms with Gasteiger partial charge in [0.15, 0.2) is 0 Å². The van der Waals surface area contributed by atoms with Gasteiger partial charge in [0.05, 0.1) is 17.8 Å². The van der Waals surface area contributed by atoms with E-state index in [1.54, 1.807) is 6.26 Å². The van der Waals surface area contributed by atoms with Gasteiger partial charge in [-0.1, -0.05) is 13.5 Å². The maximum Gasteiger partial charge on any atom is 0.337 e. The van der Waals surface area contributed by atoms with E-state index in [2.05, 4.69) is 6.58 Å². The lowest BCUT2D eigenvalue weighted by molar-refractivity contribution is -0.148. The lowest BCUT2D eigenvalue weighted by Crippen LogP contribution is -2.48. The van der Waals surface area contributed by atoms with Crippen molar-refractivity contribution in [2.45, 2.75) is 25.6 Å². The average Bonchev–Trinajstić information content (AvgIpc) is 2.76. The lowest BCUT2D eigenvalue weighted by Gasteiger charge is -2.43. The van der Waals surface area contributed by atoms with E-state index in [0.29, 0.717) is 17.6 Å². The predicted molar refractivity (Wildman–Crippen MR) is 66.9 cm³/mol. The minimum absolute atomic E-state index is 0.124. The Labute approximate surface area is 115 Å². The van der Waals surface area contributed by atoms with Crippen LogP contribution in [0.25, 0.3) is 0 Å². The highest BCUT2D eigenvalue weighted by Crippen LogP contribution is 2.57. The number of hydrogen-bond acceptors (Lipinski definition) is 5. The first kappa shape index (κ1) is 11.8. The number of rotatable bonds is 0. The normalized spacial score (nSPS) is 44.9. The van der Waals surface area contributed by atoms with E-state index in [4.69, 9.17) is 14.2 Å². The molecule has 0 unspecified atom stereocenters. The van der Waals surface area contributed by atoms with Gasteiger partial charge in [0, 0.05) is 16.9 Å². The molecule has 3 heterocycles. The largest absolute Gasteiger partial charge is 0.472 e. The molecule has 0 aromatic heterocycles. The molecule has 20 heavy (non-hydrogen) atoms. The zero-order chi connectivity index (χ0) is 14.1. The van der Waals surface area contributed by atoms with Gasteiger partial charge in [-0.15, -0.1) is 0 Å². The first-order chi connectivity index (χ1) is 9.51. The number of ether oxygens (including phenoxy) is 3. The summed E-state index contributed by atoms with van der Waals surface area (Å²) in [6.07, 6.45) is 4.93. The minimum atomic E-state index is -0.400. The van der Waals surface area contributed by atoms with Crippen molar-refractivity contribution in [3.05, 3.63) is 36.3 Å². The van der Waals surface area contributed by atoms with Gasteiger partial charge < -0.3 is 14.2 Å². The Morgan fingerprint density at radius 1 is 1.30 bits per heavy atom. The fourth-order valence-electron chi connectivity index (χ4n) is 3.96. The van der Waals surface area contributed by atoms with E-state index in [1.807, 2.05) is 13.0 Å². The summed E-state index contributed by atoms with van der Waals surface area (Å²) in [7, 11) is 0. The van der Waals surface area contributed by atoms with Crippen LogP contribution in [0.2, 0.25) is 0 Å². The Morgan fingerprint density at radius 2 is 2.10 bits per heavy atom.